The van der Waals surface area contributed by atoms with Crippen LogP contribution in [-0.4, -0.2) is 46.8 Å². The van der Waals surface area contributed by atoms with E-state index >= 15 is 0 Å². The maximum absolute atomic E-state index is 13.1. The third kappa shape index (κ3) is 10.1. The molecule has 0 radical (unpaired) electrons. The highest BCUT2D eigenvalue weighted by molar-refractivity contribution is 7.14. The van der Waals surface area contributed by atoms with Crippen molar-refractivity contribution in [2.45, 2.75) is 65.4 Å². The average molecular weight is 554 g/mol. The molecule has 0 bridgehead atoms. The Labute approximate surface area is 232 Å². The molecule has 0 saturated carbocycles. The van der Waals surface area contributed by atoms with Gasteiger partial charge in [-0.15, -0.1) is 11.3 Å². The van der Waals surface area contributed by atoms with Crippen LogP contribution in [0.25, 0.3) is 11.3 Å². The van der Waals surface area contributed by atoms with Gasteiger partial charge in [-0.2, -0.15) is 0 Å². The van der Waals surface area contributed by atoms with Crippen LogP contribution in [0.1, 0.15) is 57.5 Å². The van der Waals surface area contributed by atoms with Gasteiger partial charge in [0.05, 0.1) is 24.5 Å². The van der Waals surface area contributed by atoms with Crippen molar-refractivity contribution in [1.82, 2.24) is 10.3 Å². The number of carbonyl (C=O) groups is 3. The maximum Gasteiger partial charge on any atom is 0.408 e. The van der Waals surface area contributed by atoms with Gasteiger partial charge < -0.3 is 24.8 Å². The third-order valence-corrected chi connectivity index (χ3v) is 5.71. The number of thiazole rings is 1. The number of hydrogen-bond donors (Lipinski definition) is 2. The largest absolute Gasteiger partial charge is 0.456 e. The molecule has 2 amide bonds. The Hall–Kier alpha value is -3.76. The zero-order valence-corrected chi connectivity index (χ0v) is 23.9. The van der Waals surface area contributed by atoms with Crippen LogP contribution >= 0.6 is 11.3 Å². The smallest absolute Gasteiger partial charge is 0.408 e. The Balaban J connectivity index is 1.63. The van der Waals surface area contributed by atoms with Crippen LogP contribution in [0.4, 0.5) is 9.93 Å². The van der Waals surface area contributed by atoms with Crippen molar-refractivity contribution in [1.29, 1.82) is 0 Å². The highest BCUT2D eigenvalue weighted by Crippen LogP contribution is 2.24. The molecule has 9 nitrogen and oxygen atoms in total. The fraction of sp³-hybridized carbons (Fsp3) is 0.379. The Morgan fingerprint density at radius 2 is 1.54 bits per heavy atom. The van der Waals surface area contributed by atoms with Crippen LogP contribution in [0.15, 0.2) is 60.0 Å². The van der Waals surface area contributed by atoms with E-state index in [1.165, 1.54) is 11.3 Å². The van der Waals surface area contributed by atoms with E-state index in [1.807, 2.05) is 56.5 Å². The molecule has 2 aromatic carbocycles. The van der Waals surface area contributed by atoms with Crippen molar-refractivity contribution in [3.05, 3.63) is 71.1 Å². The molecule has 10 heteroatoms. The number of hydrogen-bond acceptors (Lipinski definition) is 8. The lowest BCUT2D eigenvalue weighted by atomic mass is 10.1. The predicted molar refractivity (Wildman–Crippen MR) is 151 cm³/mol. The summed E-state index contributed by atoms with van der Waals surface area (Å²) in [6, 6.07) is 15.4. The zero-order valence-electron chi connectivity index (χ0n) is 23.1. The molecule has 0 spiro atoms. The van der Waals surface area contributed by atoms with Gasteiger partial charge in [-0.3, -0.25) is 4.79 Å². The topological polar surface area (TPSA) is 116 Å². The van der Waals surface area contributed by atoms with Gasteiger partial charge in [0.1, 0.15) is 17.2 Å². The molecule has 208 valence electrons. The van der Waals surface area contributed by atoms with E-state index in [-0.39, 0.29) is 13.2 Å². The van der Waals surface area contributed by atoms with Crippen LogP contribution in [0.5, 0.6) is 0 Å². The third-order valence-electron chi connectivity index (χ3n) is 4.95. The number of alkyl carbamates (subject to hydrolysis) is 1. The fourth-order valence-electron chi connectivity index (χ4n) is 3.27. The second-order valence-corrected chi connectivity index (χ2v) is 11.7. The molecule has 0 saturated heterocycles. The van der Waals surface area contributed by atoms with Crippen molar-refractivity contribution in [2.24, 2.45) is 0 Å². The Kier molecular flexibility index (Phi) is 9.82. The van der Waals surface area contributed by atoms with Gasteiger partial charge in [0.25, 0.3) is 5.91 Å². The van der Waals surface area contributed by atoms with Crippen LogP contribution in [-0.2, 0) is 25.6 Å². The van der Waals surface area contributed by atoms with Crippen molar-refractivity contribution < 1.29 is 28.6 Å². The molecule has 1 atom stereocenters. The monoisotopic (exact) mass is 553 g/mol. The number of nitrogens with one attached hydrogen (secondary N) is 2. The molecule has 39 heavy (non-hydrogen) atoms. The summed E-state index contributed by atoms with van der Waals surface area (Å²) in [6.45, 7) is 10.7. The zero-order chi connectivity index (χ0) is 28.6. The molecular weight excluding hydrogens is 518 g/mol. The van der Waals surface area contributed by atoms with Gasteiger partial charge in [-0.25, -0.2) is 14.6 Å². The molecule has 0 aliphatic carbocycles. The number of nitrogens with zero attached hydrogens (tertiary/aromatic N) is 1. The minimum atomic E-state index is -1.04. The molecule has 1 heterocycles. The molecule has 2 N–H and O–H groups in total. The number of esters is 1. The summed E-state index contributed by atoms with van der Waals surface area (Å²) in [4.78, 5) is 42.2. The summed E-state index contributed by atoms with van der Waals surface area (Å²) in [7, 11) is 0. The van der Waals surface area contributed by atoms with E-state index in [9.17, 15) is 14.4 Å². The average Bonchev–Trinajstić information content (AvgIpc) is 3.30. The molecular formula is C29H35N3O6S. The summed E-state index contributed by atoms with van der Waals surface area (Å²) < 4.78 is 16.5. The number of carbonyl (C=O) groups excluding carboxylic acids is 3. The molecule has 0 unspecified atom stereocenters. The van der Waals surface area contributed by atoms with Crippen LogP contribution in [0, 0.1) is 0 Å². The SMILES string of the molecule is CC(C)(C)OC(=O)N[C@@H](COCc1ccc(C(=O)OC(C)(C)C)cc1)C(=O)Nc1nc(-c2ccccc2)cs1. The van der Waals surface area contributed by atoms with Crippen LogP contribution in [0.3, 0.4) is 0 Å². The summed E-state index contributed by atoms with van der Waals surface area (Å²) in [5, 5.41) is 7.58. The standard InChI is InChI=1S/C29H35N3O6S/c1-28(2,3)37-25(34)21-14-12-19(13-15-21)16-36-17-22(31-27(35)38-29(4,5)6)24(33)32-26-30-23(18-39-26)20-10-8-7-9-11-20/h7-15,18,22H,16-17H2,1-6H3,(H,31,35)(H,30,32,33)/t22-/m0/s1. The van der Waals surface area contributed by atoms with Gasteiger partial charge in [-0.1, -0.05) is 42.5 Å². The second-order valence-electron chi connectivity index (χ2n) is 10.8. The van der Waals surface area contributed by atoms with Crippen LogP contribution in [0.2, 0.25) is 0 Å². The quantitative estimate of drug-likeness (QED) is 0.321. The summed E-state index contributed by atoms with van der Waals surface area (Å²) >= 11 is 1.28. The van der Waals surface area contributed by atoms with Crippen molar-refractivity contribution in [3.63, 3.8) is 0 Å². The molecule has 0 aliphatic rings. The van der Waals surface area contributed by atoms with E-state index in [0.717, 1.165) is 16.8 Å². The first kappa shape index (κ1) is 29.8. The molecule has 0 aliphatic heterocycles. The first-order chi connectivity index (χ1) is 18.3. The Morgan fingerprint density at radius 3 is 2.15 bits per heavy atom. The van der Waals surface area contributed by atoms with E-state index in [4.69, 9.17) is 14.2 Å². The van der Waals surface area contributed by atoms with Crippen molar-refractivity contribution >= 4 is 34.4 Å². The number of anilines is 1. The van der Waals surface area contributed by atoms with E-state index in [2.05, 4.69) is 15.6 Å². The lowest BCUT2D eigenvalue weighted by Crippen LogP contribution is -2.48. The van der Waals surface area contributed by atoms with Gasteiger partial charge in [0, 0.05) is 10.9 Å². The summed E-state index contributed by atoms with van der Waals surface area (Å²) in [6.07, 6.45) is -0.739. The molecule has 3 aromatic rings. The second kappa shape index (κ2) is 12.9. The lowest BCUT2D eigenvalue weighted by Gasteiger charge is -2.23. The van der Waals surface area contributed by atoms with Gasteiger partial charge in [0.15, 0.2) is 5.13 Å². The van der Waals surface area contributed by atoms with Crippen LogP contribution < -0.4 is 10.6 Å². The maximum atomic E-state index is 13.1. The van der Waals surface area contributed by atoms with E-state index in [0.29, 0.717) is 10.7 Å². The predicted octanol–water partition coefficient (Wildman–Crippen LogP) is 5.81. The highest BCUT2D eigenvalue weighted by atomic mass is 32.1. The number of amides is 2. The Bertz CT molecular complexity index is 1260. The van der Waals surface area contributed by atoms with Gasteiger partial charge in [0.2, 0.25) is 0 Å². The van der Waals surface area contributed by atoms with E-state index in [1.54, 1.807) is 45.0 Å². The molecule has 1 aromatic heterocycles. The summed E-state index contributed by atoms with van der Waals surface area (Å²) in [5.41, 5.74) is 1.55. The lowest BCUT2D eigenvalue weighted by molar-refractivity contribution is -0.119. The van der Waals surface area contributed by atoms with Crippen molar-refractivity contribution in [3.8, 4) is 11.3 Å². The minimum absolute atomic E-state index is 0.115. The highest BCUT2D eigenvalue weighted by Gasteiger charge is 2.26. The molecule has 0 fully saturated rings. The Morgan fingerprint density at radius 1 is 0.897 bits per heavy atom. The van der Waals surface area contributed by atoms with Gasteiger partial charge in [-0.05, 0) is 59.2 Å². The van der Waals surface area contributed by atoms with Gasteiger partial charge >= 0.3 is 12.1 Å². The first-order valence-electron chi connectivity index (χ1n) is 12.5. The summed E-state index contributed by atoms with van der Waals surface area (Å²) in [5.74, 6) is -0.902. The number of benzene rings is 2. The minimum Gasteiger partial charge on any atom is -0.456 e. The van der Waals surface area contributed by atoms with Crippen molar-refractivity contribution in [2.75, 3.05) is 11.9 Å². The first-order valence-corrected chi connectivity index (χ1v) is 13.4. The number of aromatic nitrogens is 1. The fourth-order valence-corrected chi connectivity index (χ4v) is 3.99. The number of rotatable bonds is 9. The van der Waals surface area contributed by atoms with E-state index < -0.39 is 35.2 Å². The number of ether oxygens (including phenoxy) is 3. The normalized spacial score (nSPS) is 12.4. The molecule has 3 rings (SSSR count).